The molecule has 0 spiro atoms. The van der Waals surface area contributed by atoms with Crippen LogP contribution < -0.4 is 5.73 Å². The van der Waals surface area contributed by atoms with E-state index in [1.54, 1.807) is 13.0 Å². The third-order valence-electron chi connectivity index (χ3n) is 1.33. The van der Waals surface area contributed by atoms with Gasteiger partial charge >= 0.3 is 5.97 Å². The molecule has 1 heterocycles. The van der Waals surface area contributed by atoms with Crippen LogP contribution >= 0.6 is 11.8 Å². The minimum Gasteiger partial charge on any atom is -0.463 e. The number of anilines is 1. The summed E-state index contributed by atoms with van der Waals surface area (Å²) in [5.41, 5.74) is 5.34. The maximum Gasteiger partial charge on any atom is 0.330 e. The lowest BCUT2D eigenvalue weighted by molar-refractivity contribution is -0.137. The van der Waals surface area contributed by atoms with Crippen LogP contribution in [0.1, 0.15) is 6.92 Å². The van der Waals surface area contributed by atoms with Crippen LogP contribution in [0.4, 0.5) is 5.95 Å². The lowest BCUT2D eigenvalue weighted by Gasteiger charge is -1.93. The van der Waals surface area contributed by atoms with Crippen LogP contribution in [0.3, 0.4) is 0 Å². The van der Waals surface area contributed by atoms with Crippen molar-refractivity contribution in [2.75, 3.05) is 18.1 Å². The van der Waals surface area contributed by atoms with E-state index in [-0.39, 0.29) is 11.9 Å². The number of carbonyl (C=O) groups excluding carboxylic acids is 1. The van der Waals surface area contributed by atoms with Crippen LogP contribution in [0.15, 0.2) is 17.3 Å². The molecule has 0 aliphatic rings. The first kappa shape index (κ1) is 11.6. The summed E-state index contributed by atoms with van der Waals surface area (Å²) in [6, 6.07) is 0. The summed E-state index contributed by atoms with van der Waals surface area (Å²) in [6.07, 6.45) is 3.07. The molecule has 7 heteroatoms. The number of nitrogens with two attached hydrogens (primary N) is 1. The minimum absolute atomic E-state index is 0.284. The molecule has 0 unspecified atom stereocenters. The lowest BCUT2D eigenvalue weighted by atomic mass is 10.5. The maximum absolute atomic E-state index is 10.9. The first-order chi connectivity index (χ1) is 7.22. The van der Waals surface area contributed by atoms with Gasteiger partial charge in [0.25, 0.3) is 0 Å². The van der Waals surface area contributed by atoms with Crippen LogP contribution in [0.25, 0.3) is 0 Å². The van der Waals surface area contributed by atoms with Gasteiger partial charge in [0.15, 0.2) is 0 Å². The second-order valence-electron chi connectivity index (χ2n) is 2.47. The predicted molar refractivity (Wildman–Crippen MR) is 57.3 cm³/mol. The molecule has 15 heavy (non-hydrogen) atoms. The Bertz CT molecular complexity index is 350. The van der Waals surface area contributed by atoms with Gasteiger partial charge in [0.2, 0.25) is 11.1 Å². The zero-order chi connectivity index (χ0) is 11.1. The van der Waals surface area contributed by atoms with E-state index in [0.717, 1.165) is 0 Å². The van der Waals surface area contributed by atoms with Crippen molar-refractivity contribution in [2.45, 2.75) is 12.1 Å². The average molecular weight is 228 g/mol. The first-order valence-corrected chi connectivity index (χ1v) is 5.35. The van der Waals surface area contributed by atoms with Crippen molar-refractivity contribution in [2.24, 2.45) is 0 Å². The van der Waals surface area contributed by atoms with Crippen molar-refractivity contribution >= 4 is 23.7 Å². The molecule has 6 nitrogen and oxygen atoms in total. The summed E-state index contributed by atoms with van der Waals surface area (Å²) in [5.74, 6) is 0.537. The molecule has 82 valence electrons. The van der Waals surface area contributed by atoms with Crippen LogP contribution in [0.2, 0.25) is 0 Å². The number of carbonyl (C=O) groups is 1. The minimum atomic E-state index is -0.340. The molecule has 0 fully saturated rings. The molecule has 1 rings (SSSR count). The standard InChI is InChI=1S/C8H12N4O2S/c1-2-14-6(13)4-3-5-15-8-10-7(9)11-12-8/h3-4H,2,5H2,1H3,(H3,9,10,11,12)/b4-3+. The van der Waals surface area contributed by atoms with Gasteiger partial charge in [-0.3, -0.25) is 0 Å². The van der Waals surface area contributed by atoms with E-state index in [9.17, 15) is 4.79 Å². The summed E-state index contributed by atoms with van der Waals surface area (Å²) in [7, 11) is 0. The van der Waals surface area contributed by atoms with E-state index >= 15 is 0 Å². The number of ether oxygens (including phenoxy) is 1. The molecule has 0 aliphatic carbocycles. The number of nitrogens with one attached hydrogen (secondary N) is 1. The molecule has 0 aromatic carbocycles. The zero-order valence-electron chi connectivity index (χ0n) is 8.27. The van der Waals surface area contributed by atoms with E-state index in [0.29, 0.717) is 17.5 Å². The number of hydrogen-bond donors (Lipinski definition) is 2. The molecule has 0 bridgehead atoms. The van der Waals surface area contributed by atoms with Crippen LogP contribution in [0.5, 0.6) is 0 Å². The highest BCUT2D eigenvalue weighted by Crippen LogP contribution is 2.12. The number of nitrogens with zero attached hydrogens (tertiary/aromatic N) is 2. The molecular weight excluding hydrogens is 216 g/mol. The van der Waals surface area contributed by atoms with E-state index in [1.807, 2.05) is 0 Å². The van der Waals surface area contributed by atoms with Crippen molar-refractivity contribution in [1.29, 1.82) is 0 Å². The summed E-state index contributed by atoms with van der Waals surface area (Å²) in [4.78, 5) is 14.8. The summed E-state index contributed by atoms with van der Waals surface area (Å²) in [6.45, 7) is 2.14. The van der Waals surface area contributed by atoms with Crippen molar-refractivity contribution in [3.05, 3.63) is 12.2 Å². The Morgan fingerprint density at radius 2 is 2.53 bits per heavy atom. The molecule has 0 atom stereocenters. The maximum atomic E-state index is 10.9. The van der Waals surface area contributed by atoms with Gasteiger partial charge in [-0.2, -0.15) is 4.98 Å². The molecule has 0 amide bonds. The Morgan fingerprint density at radius 3 is 3.13 bits per heavy atom. The molecule has 0 saturated heterocycles. The Morgan fingerprint density at radius 1 is 1.73 bits per heavy atom. The number of hydrogen-bond acceptors (Lipinski definition) is 6. The second kappa shape index (κ2) is 6.07. The third-order valence-corrected chi connectivity index (χ3v) is 2.13. The number of rotatable bonds is 5. The number of esters is 1. The van der Waals surface area contributed by atoms with Gasteiger partial charge in [0, 0.05) is 11.8 Å². The monoisotopic (exact) mass is 228 g/mol. The Kier molecular flexibility index (Phi) is 4.69. The summed E-state index contributed by atoms with van der Waals surface area (Å²) in [5, 5.41) is 6.90. The number of thioether (sulfide) groups is 1. The van der Waals surface area contributed by atoms with Gasteiger partial charge in [-0.15, -0.1) is 5.10 Å². The molecule has 0 aliphatic heterocycles. The molecule has 1 aromatic heterocycles. The van der Waals surface area contributed by atoms with Crippen LogP contribution in [-0.2, 0) is 9.53 Å². The highest BCUT2D eigenvalue weighted by Gasteiger charge is 1.99. The zero-order valence-corrected chi connectivity index (χ0v) is 9.08. The molecule has 3 N–H and O–H groups in total. The Labute approximate surface area is 91.3 Å². The van der Waals surface area contributed by atoms with E-state index in [4.69, 9.17) is 10.5 Å². The van der Waals surface area contributed by atoms with Crippen LogP contribution in [0, 0.1) is 0 Å². The largest absolute Gasteiger partial charge is 0.463 e. The molecule has 1 aromatic rings. The molecular formula is C8H12N4O2S. The highest BCUT2D eigenvalue weighted by atomic mass is 32.2. The van der Waals surface area contributed by atoms with Gasteiger partial charge in [-0.25, -0.2) is 9.89 Å². The van der Waals surface area contributed by atoms with Gasteiger partial charge in [0.1, 0.15) is 0 Å². The number of H-pyrrole nitrogens is 1. The highest BCUT2D eigenvalue weighted by molar-refractivity contribution is 7.99. The van der Waals surface area contributed by atoms with Crippen molar-refractivity contribution < 1.29 is 9.53 Å². The molecule has 0 saturated carbocycles. The van der Waals surface area contributed by atoms with Crippen molar-refractivity contribution in [3.63, 3.8) is 0 Å². The normalized spacial score (nSPS) is 10.7. The number of nitrogen functional groups attached to an aromatic ring is 1. The predicted octanol–water partition coefficient (Wildman–Crippen LogP) is 0.598. The lowest BCUT2D eigenvalue weighted by Crippen LogP contribution is -1.98. The molecule has 0 radical (unpaired) electrons. The second-order valence-corrected chi connectivity index (χ2v) is 3.46. The summed E-state index contributed by atoms with van der Waals surface area (Å²) < 4.78 is 4.71. The quantitative estimate of drug-likeness (QED) is 0.435. The van der Waals surface area contributed by atoms with E-state index in [1.165, 1.54) is 17.8 Å². The number of aromatic nitrogens is 3. The fraction of sp³-hybridized carbons (Fsp3) is 0.375. The smallest absolute Gasteiger partial charge is 0.330 e. The van der Waals surface area contributed by atoms with Gasteiger partial charge < -0.3 is 10.5 Å². The SMILES string of the molecule is CCOC(=O)/C=C/CSc1n[nH]c(N)n1. The van der Waals surface area contributed by atoms with E-state index < -0.39 is 0 Å². The third kappa shape index (κ3) is 4.50. The first-order valence-electron chi connectivity index (χ1n) is 4.36. The Hall–Kier alpha value is -1.50. The van der Waals surface area contributed by atoms with Gasteiger partial charge in [0.05, 0.1) is 6.61 Å². The van der Waals surface area contributed by atoms with Crippen molar-refractivity contribution in [3.8, 4) is 0 Å². The Balaban J connectivity index is 2.24. The summed E-state index contributed by atoms with van der Waals surface area (Å²) >= 11 is 1.37. The van der Waals surface area contributed by atoms with Gasteiger partial charge in [-0.1, -0.05) is 17.8 Å². The average Bonchev–Trinajstić information content (AvgIpc) is 2.60. The topological polar surface area (TPSA) is 93.9 Å². The fourth-order valence-corrected chi connectivity index (χ4v) is 1.39. The van der Waals surface area contributed by atoms with Gasteiger partial charge in [-0.05, 0) is 6.92 Å². The number of aromatic amines is 1. The fourth-order valence-electron chi connectivity index (χ4n) is 0.780. The van der Waals surface area contributed by atoms with Crippen LogP contribution in [-0.4, -0.2) is 33.5 Å². The van der Waals surface area contributed by atoms with E-state index in [2.05, 4.69) is 15.2 Å². The van der Waals surface area contributed by atoms with Crippen molar-refractivity contribution in [1.82, 2.24) is 15.2 Å².